The number of hydrogen-bond acceptors (Lipinski definition) is 7. The average molecular weight is 458 g/mol. The standard InChI is InChI=1S/C21H19N3O5S2/c1-12-8-16-13(2)17(10-14-4-3-5-15(9-14)24-31(22,26)27)20(25)28-19(16)11-18(12)29-21-23-6-7-30-21/h3-9,11,24H,10H2,1-2H3,(H2,22,26,27). The van der Waals surface area contributed by atoms with Crippen molar-refractivity contribution < 1.29 is 17.6 Å². The number of nitrogens with two attached hydrogens (primary N) is 1. The average Bonchev–Trinajstić information content (AvgIpc) is 3.19. The van der Waals surface area contributed by atoms with E-state index < -0.39 is 15.8 Å². The van der Waals surface area contributed by atoms with E-state index in [0.717, 1.165) is 22.1 Å². The van der Waals surface area contributed by atoms with E-state index in [4.69, 9.17) is 14.3 Å². The highest BCUT2D eigenvalue weighted by Gasteiger charge is 2.15. The molecule has 2 heterocycles. The third-order valence-electron chi connectivity index (χ3n) is 4.76. The third-order valence-corrected chi connectivity index (χ3v) is 5.93. The Balaban J connectivity index is 1.71. The Morgan fingerprint density at radius 2 is 2.03 bits per heavy atom. The molecule has 0 saturated heterocycles. The number of nitrogens with one attached hydrogen (secondary N) is 1. The Bertz CT molecular complexity index is 1430. The Morgan fingerprint density at radius 3 is 2.74 bits per heavy atom. The molecule has 0 aliphatic rings. The molecule has 2 aromatic heterocycles. The first kappa shape index (κ1) is 21.0. The number of rotatable bonds is 6. The van der Waals surface area contributed by atoms with Gasteiger partial charge < -0.3 is 9.15 Å². The molecule has 10 heteroatoms. The lowest BCUT2D eigenvalue weighted by atomic mass is 9.98. The van der Waals surface area contributed by atoms with Gasteiger partial charge in [0.2, 0.25) is 0 Å². The Kier molecular flexibility index (Phi) is 5.52. The molecular weight excluding hydrogens is 438 g/mol. The van der Waals surface area contributed by atoms with E-state index >= 15 is 0 Å². The van der Waals surface area contributed by atoms with E-state index in [0.29, 0.717) is 27.8 Å². The highest BCUT2D eigenvalue weighted by atomic mass is 32.2. The molecule has 0 spiro atoms. The summed E-state index contributed by atoms with van der Waals surface area (Å²) in [5.74, 6) is 0.569. The third kappa shape index (κ3) is 4.76. The van der Waals surface area contributed by atoms with Crippen LogP contribution in [0, 0.1) is 13.8 Å². The summed E-state index contributed by atoms with van der Waals surface area (Å²) in [6.45, 7) is 3.77. The molecule has 0 aliphatic heterocycles. The Morgan fingerprint density at radius 1 is 1.23 bits per heavy atom. The molecule has 0 saturated carbocycles. The predicted octanol–water partition coefficient (Wildman–Crippen LogP) is 3.86. The van der Waals surface area contributed by atoms with Crippen molar-refractivity contribution >= 4 is 38.2 Å². The van der Waals surface area contributed by atoms with Crippen LogP contribution in [0.2, 0.25) is 0 Å². The highest BCUT2D eigenvalue weighted by Crippen LogP contribution is 2.32. The maximum Gasteiger partial charge on any atom is 0.340 e. The first-order chi connectivity index (χ1) is 14.7. The zero-order chi connectivity index (χ0) is 22.2. The number of nitrogens with zero attached hydrogens (tertiary/aromatic N) is 1. The second-order valence-corrected chi connectivity index (χ2v) is 9.18. The number of fused-ring (bicyclic) bond motifs is 1. The van der Waals surface area contributed by atoms with Crippen molar-refractivity contribution in [1.82, 2.24) is 4.98 Å². The van der Waals surface area contributed by atoms with Crippen molar-refractivity contribution in [3.8, 4) is 10.9 Å². The lowest BCUT2D eigenvalue weighted by Crippen LogP contribution is -2.21. The van der Waals surface area contributed by atoms with Crippen LogP contribution in [0.5, 0.6) is 10.9 Å². The number of aromatic nitrogens is 1. The van der Waals surface area contributed by atoms with Crippen LogP contribution >= 0.6 is 11.3 Å². The maximum atomic E-state index is 12.7. The minimum absolute atomic E-state index is 0.278. The summed E-state index contributed by atoms with van der Waals surface area (Å²) in [6, 6.07) is 10.3. The number of thiazole rings is 1. The van der Waals surface area contributed by atoms with Gasteiger partial charge in [-0.05, 0) is 48.7 Å². The van der Waals surface area contributed by atoms with Crippen molar-refractivity contribution in [2.45, 2.75) is 20.3 Å². The van der Waals surface area contributed by atoms with E-state index in [1.54, 1.807) is 36.5 Å². The minimum atomic E-state index is -3.89. The molecule has 160 valence electrons. The fourth-order valence-corrected chi connectivity index (χ4v) is 4.26. The Labute approximate surface area is 182 Å². The van der Waals surface area contributed by atoms with Gasteiger partial charge in [0.1, 0.15) is 11.3 Å². The van der Waals surface area contributed by atoms with E-state index in [-0.39, 0.29) is 6.42 Å². The molecule has 4 aromatic rings. The number of hydrogen-bond donors (Lipinski definition) is 2. The molecule has 8 nitrogen and oxygen atoms in total. The first-order valence-electron chi connectivity index (χ1n) is 9.23. The fourth-order valence-electron chi connectivity index (χ4n) is 3.31. The van der Waals surface area contributed by atoms with Crippen LogP contribution < -0.4 is 20.2 Å². The van der Waals surface area contributed by atoms with Crippen LogP contribution in [-0.4, -0.2) is 13.4 Å². The zero-order valence-electron chi connectivity index (χ0n) is 16.7. The normalized spacial score (nSPS) is 11.6. The predicted molar refractivity (Wildman–Crippen MR) is 120 cm³/mol. The molecule has 4 rings (SSSR count). The Hall–Kier alpha value is -3.21. The number of aryl methyl sites for hydroxylation is 2. The number of anilines is 1. The highest BCUT2D eigenvalue weighted by molar-refractivity contribution is 7.90. The molecule has 0 aliphatic carbocycles. The summed E-state index contributed by atoms with van der Waals surface area (Å²) in [5.41, 5.74) is 3.19. The summed E-state index contributed by atoms with van der Waals surface area (Å²) in [7, 11) is -3.89. The van der Waals surface area contributed by atoms with Crippen molar-refractivity contribution in [3.05, 3.63) is 80.6 Å². The summed E-state index contributed by atoms with van der Waals surface area (Å²) in [6.07, 6.45) is 1.93. The largest absolute Gasteiger partial charge is 0.430 e. The molecule has 0 radical (unpaired) electrons. The summed E-state index contributed by atoms with van der Waals surface area (Å²) in [4.78, 5) is 16.8. The van der Waals surface area contributed by atoms with Crippen molar-refractivity contribution in [2.75, 3.05) is 4.72 Å². The molecule has 0 amide bonds. The van der Waals surface area contributed by atoms with Crippen LogP contribution in [0.1, 0.15) is 22.3 Å². The van der Waals surface area contributed by atoms with Gasteiger partial charge in [-0.3, -0.25) is 4.72 Å². The quantitative estimate of drug-likeness (QED) is 0.424. The van der Waals surface area contributed by atoms with Gasteiger partial charge in [-0.15, -0.1) is 0 Å². The SMILES string of the molecule is Cc1cc2c(C)c(Cc3cccc(NS(N)(=O)=O)c3)c(=O)oc2cc1Oc1nccs1. The van der Waals surface area contributed by atoms with Crippen molar-refractivity contribution in [2.24, 2.45) is 5.14 Å². The molecule has 2 aromatic carbocycles. The lowest BCUT2D eigenvalue weighted by Gasteiger charge is -2.12. The van der Waals surface area contributed by atoms with Gasteiger partial charge in [0.05, 0.1) is 5.69 Å². The van der Waals surface area contributed by atoms with E-state index in [1.165, 1.54) is 11.3 Å². The topological polar surface area (TPSA) is 125 Å². The molecule has 0 fully saturated rings. The second-order valence-electron chi connectivity index (χ2n) is 7.03. The van der Waals surface area contributed by atoms with Crippen LogP contribution in [0.3, 0.4) is 0 Å². The molecule has 3 N–H and O–H groups in total. The van der Waals surface area contributed by atoms with Gasteiger partial charge in [-0.2, -0.15) is 8.42 Å². The molecule has 0 bridgehead atoms. The van der Waals surface area contributed by atoms with Gasteiger partial charge in [0.15, 0.2) is 0 Å². The van der Waals surface area contributed by atoms with Gasteiger partial charge in [-0.1, -0.05) is 23.5 Å². The molecule has 31 heavy (non-hydrogen) atoms. The molecular formula is C21H19N3O5S2. The number of ether oxygens (including phenoxy) is 1. The smallest absolute Gasteiger partial charge is 0.340 e. The van der Waals surface area contributed by atoms with Gasteiger partial charge in [-0.25, -0.2) is 14.9 Å². The maximum absolute atomic E-state index is 12.7. The van der Waals surface area contributed by atoms with E-state index in [1.807, 2.05) is 25.3 Å². The van der Waals surface area contributed by atoms with Crippen LogP contribution in [0.15, 0.2) is 57.2 Å². The molecule has 0 atom stereocenters. The first-order valence-corrected chi connectivity index (χ1v) is 11.7. The second kappa shape index (κ2) is 8.14. The zero-order valence-corrected chi connectivity index (χ0v) is 18.3. The summed E-state index contributed by atoms with van der Waals surface area (Å²) < 4.78 is 36.2. The van der Waals surface area contributed by atoms with Gasteiger partial charge in [0.25, 0.3) is 15.4 Å². The van der Waals surface area contributed by atoms with Crippen LogP contribution in [0.25, 0.3) is 11.0 Å². The van der Waals surface area contributed by atoms with E-state index in [2.05, 4.69) is 9.71 Å². The summed E-state index contributed by atoms with van der Waals surface area (Å²) in [5, 5.41) is 8.16. The minimum Gasteiger partial charge on any atom is -0.430 e. The lowest BCUT2D eigenvalue weighted by molar-refractivity contribution is 0.473. The molecule has 0 unspecified atom stereocenters. The summed E-state index contributed by atoms with van der Waals surface area (Å²) >= 11 is 1.37. The van der Waals surface area contributed by atoms with Crippen molar-refractivity contribution in [3.63, 3.8) is 0 Å². The number of benzene rings is 2. The van der Waals surface area contributed by atoms with Crippen LogP contribution in [-0.2, 0) is 16.6 Å². The monoisotopic (exact) mass is 457 g/mol. The fraction of sp³-hybridized carbons (Fsp3) is 0.143. The van der Waals surface area contributed by atoms with Gasteiger partial charge in [0, 0.05) is 35.0 Å². The van der Waals surface area contributed by atoms with Crippen LogP contribution in [0.4, 0.5) is 5.69 Å². The van der Waals surface area contributed by atoms with Crippen molar-refractivity contribution in [1.29, 1.82) is 0 Å². The van der Waals surface area contributed by atoms with E-state index in [9.17, 15) is 13.2 Å². The van der Waals surface area contributed by atoms with Gasteiger partial charge >= 0.3 is 5.63 Å².